The molecule has 76 valence electrons. The van der Waals surface area contributed by atoms with Gasteiger partial charge in [0, 0.05) is 0 Å². The van der Waals surface area contributed by atoms with Crippen LogP contribution in [-0.2, 0) is 16.1 Å². The molecule has 0 aliphatic carbocycles. The van der Waals surface area contributed by atoms with Gasteiger partial charge >= 0.3 is 0 Å². The van der Waals surface area contributed by atoms with E-state index in [4.69, 9.17) is 14.6 Å². The van der Waals surface area contributed by atoms with Gasteiger partial charge in [0.15, 0.2) is 0 Å². The van der Waals surface area contributed by atoms with E-state index in [0.717, 1.165) is 5.56 Å². The van der Waals surface area contributed by atoms with Crippen molar-refractivity contribution < 1.29 is 14.6 Å². The molecule has 0 bridgehead atoms. The lowest BCUT2D eigenvalue weighted by molar-refractivity contribution is 0.104. The summed E-state index contributed by atoms with van der Waals surface area (Å²) in [6.07, 6.45) is 0.106. The van der Waals surface area contributed by atoms with Gasteiger partial charge in [-0.1, -0.05) is 30.3 Å². The zero-order valence-corrected chi connectivity index (χ0v) is 7.93. The molecule has 3 heteroatoms. The average molecular weight is 195 g/mol. The molecule has 0 radical (unpaired) electrons. The largest absolute Gasteiger partial charge is 0.394 e. The van der Waals surface area contributed by atoms with Crippen molar-refractivity contribution >= 4 is 0 Å². The molecular weight excluding hydrogens is 181 g/mol. The first-order valence-corrected chi connectivity index (χ1v) is 4.78. The zero-order chi connectivity index (χ0) is 9.80. The van der Waals surface area contributed by atoms with Crippen molar-refractivity contribution in [3.63, 3.8) is 0 Å². The van der Waals surface area contributed by atoms with E-state index in [2.05, 4.69) is 0 Å². The molecule has 3 nitrogen and oxygen atoms in total. The standard InChI is InChI=1S/C11H14O3/c12-6-10-11(14-10)8-13-7-9-4-2-1-3-5-9/h1-5,10-12H,6-8H2/t10-,11+/m0/s1/i8+1. The fraction of sp³-hybridized carbons (Fsp3) is 0.455. The Hall–Kier alpha value is -0.900. The van der Waals surface area contributed by atoms with Crippen LogP contribution in [0.25, 0.3) is 0 Å². The fourth-order valence-corrected chi connectivity index (χ4v) is 1.35. The van der Waals surface area contributed by atoms with Crippen LogP contribution in [0.15, 0.2) is 30.3 Å². The van der Waals surface area contributed by atoms with Crippen LogP contribution in [0.1, 0.15) is 5.56 Å². The lowest BCUT2D eigenvalue weighted by Gasteiger charge is -2.01. The van der Waals surface area contributed by atoms with Crippen molar-refractivity contribution in [2.75, 3.05) is 13.2 Å². The van der Waals surface area contributed by atoms with Crippen molar-refractivity contribution in [3.05, 3.63) is 35.9 Å². The molecule has 0 saturated carbocycles. The Morgan fingerprint density at radius 1 is 1.21 bits per heavy atom. The second-order valence-electron chi connectivity index (χ2n) is 3.40. The molecule has 14 heavy (non-hydrogen) atoms. The van der Waals surface area contributed by atoms with Gasteiger partial charge in [0.25, 0.3) is 0 Å². The number of rotatable bonds is 5. The number of aliphatic hydroxyl groups is 1. The minimum Gasteiger partial charge on any atom is -0.394 e. The maximum absolute atomic E-state index is 8.71. The summed E-state index contributed by atoms with van der Waals surface area (Å²) in [5, 5.41) is 8.71. The molecule has 1 aliphatic heterocycles. The summed E-state index contributed by atoms with van der Waals surface area (Å²) >= 11 is 0. The Morgan fingerprint density at radius 2 is 2.00 bits per heavy atom. The Labute approximate surface area is 83.3 Å². The Bertz CT molecular complexity index is 273. The normalized spacial score (nSPS) is 24.9. The highest BCUT2D eigenvalue weighted by Gasteiger charge is 2.37. The van der Waals surface area contributed by atoms with Crippen LogP contribution >= 0.6 is 0 Å². The summed E-state index contributed by atoms with van der Waals surface area (Å²) in [6, 6.07) is 10.0. The fourth-order valence-electron chi connectivity index (χ4n) is 1.35. The first kappa shape index (κ1) is 9.65. The second kappa shape index (κ2) is 4.55. The topological polar surface area (TPSA) is 42.0 Å². The van der Waals surface area contributed by atoms with Gasteiger partial charge in [0.2, 0.25) is 0 Å². The molecule has 1 fully saturated rings. The molecule has 2 rings (SSSR count). The van der Waals surface area contributed by atoms with E-state index < -0.39 is 0 Å². The number of ether oxygens (including phenoxy) is 2. The highest BCUT2D eigenvalue weighted by Crippen LogP contribution is 2.21. The van der Waals surface area contributed by atoms with Gasteiger partial charge in [0.1, 0.15) is 12.2 Å². The van der Waals surface area contributed by atoms with Gasteiger partial charge in [-0.2, -0.15) is 0 Å². The summed E-state index contributed by atoms with van der Waals surface area (Å²) in [7, 11) is 0. The highest BCUT2D eigenvalue weighted by molar-refractivity contribution is 5.13. The van der Waals surface area contributed by atoms with Crippen molar-refractivity contribution in [2.45, 2.75) is 18.8 Å². The maximum atomic E-state index is 8.71. The summed E-state index contributed by atoms with van der Waals surface area (Å²) in [4.78, 5) is 0. The summed E-state index contributed by atoms with van der Waals surface area (Å²) < 4.78 is 10.6. The maximum Gasteiger partial charge on any atom is 0.110 e. The van der Waals surface area contributed by atoms with Gasteiger partial charge in [-0.25, -0.2) is 0 Å². The van der Waals surface area contributed by atoms with E-state index in [9.17, 15) is 0 Å². The predicted octanol–water partition coefficient (Wildman–Crippen LogP) is 0.963. The third-order valence-electron chi connectivity index (χ3n) is 2.26. The van der Waals surface area contributed by atoms with Crippen LogP contribution in [0.5, 0.6) is 0 Å². The Morgan fingerprint density at radius 3 is 2.64 bits per heavy atom. The van der Waals surface area contributed by atoms with Gasteiger partial charge in [0.05, 0.1) is 19.8 Å². The number of benzene rings is 1. The molecule has 1 N–H and O–H groups in total. The van der Waals surface area contributed by atoms with Gasteiger partial charge in [-0.15, -0.1) is 0 Å². The predicted molar refractivity (Wildman–Crippen MR) is 51.8 cm³/mol. The molecule has 1 aromatic rings. The highest BCUT2D eigenvalue weighted by atomic mass is 16.7. The quantitative estimate of drug-likeness (QED) is 0.562. The van der Waals surface area contributed by atoms with E-state index >= 15 is 0 Å². The smallest absolute Gasteiger partial charge is 0.110 e. The Kier molecular flexibility index (Phi) is 3.14. The van der Waals surface area contributed by atoms with Crippen LogP contribution in [0.2, 0.25) is 0 Å². The number of hydrogen-bond acceptors (Lipinski definition) is 3. The minimum atomic E-state index is 0.00535. The van der Waals surface area contributed by atoms with Crippen LogP contribution < -0.4 is 0 Å². The number of hydrogen-bond donors (Lipinski definition) is 1. The van der Waals surface area contributed by atoms with Crippen molar-refractivity contribution in [1.29, 1.82) is 0 Å². The van der Waals surface area contributed by atoms with E-state index in [1.807, 2.05) is 30.3 Å². The molecule has 1 aromatic carbocycles. The van der Waals surface area contributed by atoms with Crippen molar-refractivity contribution in [1.82, 2.24) is 0 Å². The van der Waals surface area contributed by atoms with Gasteiger partial charge < -0.3 is 14.6 Å². The molecular formula is C11H14O3. The molecule has 0 spiro atoms. The van der Waals surface area contributed by atoms with Crippen LogP contribution in [-0.4, -0.2) is 30.5 Å². The lowest BCUT2D eigenvalue weighted by atomic mass is 10.2. The molecule has 1 heterocycles. The molecule has 0 aromatic heterocycles. The summed E-state index contributed by atoms with van der Waals surface area (Å²) in [5.41, 5.74) is 1.16. The number of epoxide rings is 1. The minimum absolute atomic E-state index is 0.00535. The van der Waals surface area contributed by atoms with Crippen LogP contribution in [0.3, 0.4) is 0 Å². The summed E-state index contributed by atoms with van der Waals surface area (Å²) in [6.45, 7) is 1.28. The average Bonchev–Trinajstić information content (AvgIpc) is 2.98. The van der Waals surface area contributed by atoms with Crippen LogP contribution in [0, 0.1) is 0 Å². The van der Waals surface area contributed by atoms with Crippen LogP contribution in [0.4, 0.5) is 0 Å². The third-order valence-corrected chi connectivity index (χ3v) is 2.26. The van der Waals surface area contributed by atoms with Gasteiger partial charge in [-0.05, 0) is 5.56 Å². The molecule has 1 aliphatic rings. The first-order valence-electron chi connectivity index (χ1n) is 4.78. The van der Waals surface area contributed by atoms with E-state index in [1.54, 1.807) is 0 Å². The second-order valence-corrected chi connectivity index (χ2v) is 3.40. The lowest BCUT2D eigenvalue weighted by Crippen LogP contribution is -2.07. The molecule has 2 atom stereocenters. The van der Waals surface area contributed by atoms with Crippen molar-refractivity contribution in [3.8, 4) is 0 Å². The molecule has 0 amide bonds. The van der Waals surface area contributed by atoms with E-state index in [1.165, 1.54) is 0 Å². The molecule has 1 saturated heterocycles. The van der Waals surface area contributed by atoms with Crippen molar-refractivity contribution in [2.24, 2.45) is 0 Å². The monoisotopic (exact) mass is 195 g/mol. The van der Waals surface area contributed by atoms with E-state index in [0.29, 0.717) is 13.2 Å². The third kappa shape index (κ3) is 2.54. The Balaban J connectivity index is 1.64. The zero-order valence-electron chi connectivity index (χ0n) is 7.93. The number of aliphatic hydroxyl groups excluding tert-OH is 1. The summed E-state index contributed by atoms with van der Waals surface area (Å²) in [5.74, 6) is 0. The first-order chi connectivity index (χ1) is 6.90. The molecule has 0 unspecified atom stereocenters. The SMILES string of the molecule is OC[C@@H]1O[C@@H]1[13CH2]OCc1ccccc1. The van der Waals surface area contributed by atoms with Gasteiger partial charge in [-0.3, -0.25) is 0 Å². The van der Waals surface area contributed by atoms with E-state index in [-0.39, 0.29) is 18.8 Å².